The van der Waals surface area contributed by atoms with E-state index < -0.39 is 0 Å². The number of benzene rings is 1. The number of hydrogen-bond acceptors (Lipinski definition) is 3. The van der Waals surface area contributed by atoms with Crippen molar-refractivity contribution in [2.75, 3.05) is 23.7 Å². The Hall–Kier alpha value is -1.59. The van der Waals surface area contributed by atoms with Gasteiger partial charge in [-0.05, 0) is 62.4 Å². The zero-order chi connectivity index (χ0) is 16.8. The topological polar surface area (TPSA) is 70.2 Å². The smallest absolute Gasteiger partial charge is 0.224 e. The fraction of sp³-hybridized carbons (Fsp3) is 0.556. The fourth-order valence-electron chi connectivity index (χ4n) is 3.12. The summed E-state index contributed by atoms with van der Waals surface area (Å²) in [4.78, 5) is 23.5. The molecule has 1 aromatic rings. The van der Waals surface area contributed by atoms with Crippen molar-refractivity contribution in [3.8, 4) is 0 Å². The van der Waals surface area contributed by atoms with Gasteiger partial charge in [0.1, 0.15) is 0 Å². The molecule has 5 nitrogen and oxygen atoms in total. The molecular formula is C18H28ClN3O2. The molecule has 24 heavy (non-hydrogen) atoms. The minimum atomic E-state index is -0.116. The van der Waals surface area contributed by atoms with Gasteiger partial charge in [0.15, 0.2) is 0 Å². The summed E-state index contributed by atoms with van der Waals surface area (Å²) in [5.74, 6) is 0.851. The minimum Gasteiger partial charge on any atom is -0.326 e. The first kappa shape index (κ1) is 20.5. The average molecular weight is 354 g/mol. The van der Waals surface area contributed by atoms with Gasteiger partial charge in [0, 0.05) is 24.7 Å². The second kappa shape index (κ2) is 9.64. The van der Waals surface area contributed by atoms with Crippen molar-refractivity contribution < 1.29 is 9.59 Å². The van der Waals surface area contributed by atoms with Crippen LogP contribution in [0.15, 0.2) is 18.2 Å². The average Bonchev–Trinajstić information content (AvgIpc) is 2.51. The number of carbonyl (C=O) groups excluding carboxylic acids is 2. The van der Waals surface area contributed by atoms with Crippen LogP contribution in [0.4, 0.5) is 11.4 Å². The molecule has 1 fully saturated rings. The molecule has 2 amide bonds. The summed E-state index contributed by atoms with van der Waals surface area (Å²) in [6.07, 6.45) is 2.91. The number of halogens is 1. The molecule has 2 unspecified atom stereocenters. The summed E-state index contributed by atoms with van der Waals surface area (Å²) < 4.78 is 0. The first-order valence-electron chi connectivity index (χ1n) is 8.35. The van der Waals surface area contributed by atoms with E-state index >= 15 is 0 Å². The molecule has 0 saturated carbocycles. The predicted molar refractivity (Wildman–Crippen MR) is 101 cm³/mol. The van der Waals surface area contributed by atoms with Crippen LogP contribution in [-0.4, -0.2) is 24.9 Å². The van der Waals surface area contributed by atoms with E-state index in [2.05, 4.69) is 22.9 Å². The summed E-state index contributed by atoms with van der Waals surface area (Å²) in [6.45, 7) is 7.62. The first-order valence-corrected chi connectivity index (χ1v) is 8.35. The third-order valence-corrected chi connectivity index (χ3v) is 4.57. The molecule has 1 saturated heterocycles. The lowest BCUT2D eigenvalue weighted by Gasteiger charge is -2.28. The molecule has 134 valence electrons. The van der Waals surface area contributed by atoms with Crippen molar-refractivity contribution in [1.29, 1.82) is 0 Å². The van der Waals surface area contributed by atoms with Crippen LogP contribution in [0, 0.1) is 18.8 Å². The van der Waals surface area contributed by atoms with Crippen LogP contribution >= 0.6 is 12.4 Å². The maximum Gasteiger partial charge on any atom is 0.224 e. The molecule has 1 heterocycles. The van der Waals surface area contributed by atoms with Crippen LogP contribution in [-0.2, 0) is 9.59 Å². The quantitative estimate of drug-likeness (QED) is 0.760. The third-order valence-electron chi connectivity index (χ3n) is 4.57. The molecule has 0 bridgehead atoms. The Morgan fingerprint density at radius 1 is 1.29 bits per heavy atom. The van der Waals surface area contributed by atoms with Gasteiger partial charge in [0.25, 0.3) is 0 Å². The Morgan fingerprint density at radius 3 is 2.54 bits per heavy atom. The van der Waals surface area contributed by atoms with Crippen LogP contribution in [0.2, 0.25) is 0 Å². The Bertz CT molecular complexity index is 571. The summed E-state index contributed by atoms with van der Waals surface area (Å²) in [6, 6.07) is 5.54. The highest BCUT2D eigenvalue weighted by molar-refractivity contribution is 5.95. The number of amides is 2. The highest BCUT2D eigenvalue weighted by Gasteiger charge is 2.22. The molecule has 1 aliphatic heterocycles. The van der Waals surface area contributed by atoms with Gasteiger partial charge >= 0.3 is 0 Å². The Balaban J connectivity index is 0.00000288. The van der Waals surface area contributed by atoms with E-state index in [1.165, 1.54) is 19.8 Å². The molecule has 6 heteroatoms. The van der Waals surface area contributed by atoms with E-state index in [4.69, 9.17) is 0 Å². The SMILES string of the molecule is CC(=O)Nc1cccc(NC(=O)CC(C)C2CCCNC2)c1C.Cl. The molecule has 1 aliphatic rings. The lowest BCUT2D eigenvalue weighted by molar-refractivity contribution is -0.117. The number of piperidine rings is 1. The van der Waals surface area contributed by atoms with Gasteiger partial charge in [-0.1, -0.05) is 13.0 Å². The van der Waals surface area contributed by atoms with Gasteiger partial charge in [-0.15, -0.1) is 12.4 Å². The van der Waals surface area contributed by atoms with Crippen LogP contribution in [0.5, 0.6) is 0 Å². The molecule has 2 rings (SSSR count). The lowest BCUT2D eigenvalue weighted by Crippen LogP contribution is -2.34. The monoisotopic (exact) mass is 353 g/mol. The summed E-state index contributed by atoms with van der Waals surface area (Å²) in [5.41, 5.74) is 2.37. The van der Waals surface area contributed by atoms with E-state index in [-0.39, 0.29) is 24.2 Å². The van der Waals surface area contributed by atoms with Crippen LogP contribution in [0.1, 0.15) is 38.7 Å². The maximum absolute atomic E-state index is 12.3. The largest absolute Gasteiger partial charge is 0.326 e. The number of carbonyl (C=O) groups is 2. The predicted octanol–water partition coefficient (Wildman–Crippen LogP) is 3.34. The standard InChI is InChI=1S/C18H27N3O2.ClH/c1-12(15-6-5-9-19-11-15)10-18(23)21-17-8-4-7-16(13(17)2)20-14(3)22;/h4,7-8,12,15,19H,5-6,9-11H2,1-3H3,(H,20,22)(H,21,23);1H. The number of nitrogens with one attached hydrogen (secondary N) is 3. The Morgan fingerprint density at radius 2 is 1.96 bits per heavy atom. The lowest BCUT2D eigenvalue weighted by atomic mass is 9.85. The summed E-state index contributed by atoms with van der Waals surface area (Å²) in [7, 11) is 0. The van der Waals surface area contributed by atoms with Crippen molar-refractivity contribution in [2.45, 2.75) is 40.0 Å². The molecular weight excluding hydrogens is 326 g/mol. The normalized spacial score (nSPS) is 18.2. The van der Waals surface area contributed by atoms with E-state index in [1.54, 1.807) is 0 Å². The van der Waals surface area contributed by atoms with Gasteiger partial charge in [0.05, 0.1) is 0 Å². The van der Waals surface area contributed by atoms with Crippen LogP contribution < -0.4 is 16.0 Å². The fourth-order valence-corrected chi connectivity index (χ4v) is 3.12. The van der Waals surface area contributed by atoms with Crippen molar-refractivity contribution in [3.05, 3.63) is 23.8 Å². The first-order chi connectivity index (χ1) is 11.0. The summed E-state index contributed by atoms with van der Waals surface area (Å²) in [5, 5.41) is 9.17. The minimum absolute atomic E-state index is 0. The summed E-state index contributed by atoms with van der Waals surface area (Å²) >= 11 is 0. The molecule has 0 aliphatic carbocycles. The zero-order valence-electron chi connectivity index (χ0n) is 14.6. The van der Waals surface area contributed by atoms with E-state index in [0.29, 0.717) is 18.3 Å². The molecule has 3 N–H and O–H groups in total. The van der Waals surface area contributed by atoms with Crippen LogP contribution in [0.3, 0.4) is 0 Å². The number of rotatable bonds is 5. The zero-order valence-corrected chi connectivity index (χ0v) is 15.5. The van der Waals surface area contributed by atoms with Crippen LogP contribution in [0.25, 0.3) is 0 Å². The van der Waals surface area contributed by atoms with Gasteiger partial charge in [0.2, 0.25) is 11.8 Å². The number of hydrogen-bond donors (Lipinski definition) is 3. The molecule has 0 radical (unpaired) electrons. The highest BCUT2D eigenvalue weighted by Crippen LogP contribution is 2.26. The Labute approximate surface area is 150 Å². The second-order valence-electron chi connectivity index (χ2n) is 6.50. The molecule has 2 atom stereocenters. The van der Waals surface area contributed by atoms with Crippen molar-refractivity contribution in [3.63, 3.8) is 0 Å². The Kier molecular flexibility index (Phi) is 8.22. The third kappa shape index (κ3) is 5.80. The van der Waals surface area contributed by atoms with Gasteiger partial charge in [-0.25, -0.2) is 0 Å². The van der Waals surface area contributed by atoms with Crippen molar-refractivity contribution in [2.24, 2.45) is 11.8 Å². The van der Waals surface area contributed by atoms with E-state index in [9.17, 15) is 9.59 Å². The van der Waals surface area contributed by atoms with Crippen molar-refractivity contribution in [1.82, 2.24) is 5.32 Å². The molecule has 0 spiro atoms. The second-order valence-corrected chi connectivity index (χ2v) is 6.50. The van der Waals surface area contributed by atoms with Gasteiger partial charge < -0.3 is 16.0 Å². The molecule has 1 aromatic carbocycles. The molecule has 0 aromatic heterocycles. The highest BCUT2D eigenvalue weighted by atomic mass is 35.5. The van der Waals surface area contributed by atoms with Crippen molar-refractivity contribution >= 4 is 35.6 Å². The van der Waals surface area contributed by atoms with E-state index in [1.807, 2.05) is 25.1 Å². The van der Waals surface area contributed by atoms with Gasteiger partial charge in [-0.2, -0.15) is 0 Å². The maximum atomic E-state index is 12.3. The van der Waals surface area contributed by atoms with Gasteiger partial charge in [-0.3, -0.25) is 9.59 Å². The van der Waals surface area contributed by atoms with E-state index in [0.717, 1.165) is 30.0 Å². The number of anilines is 2.